The number of ether oxygens (including phenoxy) is 1. The monoisotopic (exact) mass is 228 g/mol. The van der Waals surface area contributed by atoms with Gasteiger partial charge in [0.15, 0.2) is 0 Å². The highest BCUT2D eigenvalue weighted by molar-refractivity contribution is 5.81. The predicted molar refractivity (Wildman–Crippen MR) is 58.9 cm³/mol. The third kappa shape index (κ3) is 2.07. The quantitative estimate of drug-likeness (QED) is 0.581. The number of aliphatic hydroxyl groups is 1. The van der Waals surface area contributed by atoms with Crippen molar-refractivity contribution in [2.75, 3.05) is 19.7 Å². The summed E-state index contributed by atoms with van der Waals surface area (Å²) in [4.78, 5) is 11.8. The molecule has 5 heteroatoms. The lowest BCUT2D eigenvalue weighted by atomic mass is 9.64. The summed E-state index contributed by atoms with van der Waals surface area (Å²) in [7, 11) is 0. The van der Waals surface area contributed by atoms with E-state index in [2.05, 4.69) is 10.6 Å². The molecule has 0 bridgehead atoms. The first kappa shape index (κ1) is 11.8. The number of aliphatic hydroxyl groups excluding tert-OH is 1. The molecule has 0 aromatic carbocycles. The van der Waals surface area contributed by atoms with Crippen molar-refractivity contribution in [1.82, 2.24) is 10.6 Å². The topological polar surface area (TPSA) is 70.6 Å². The minimum absolute atomic E-state index is 0.0560. The second-order valence-electron chi connectivity index (χ2n) is 5.20. The Morgan fingerprint density at radius 3 is 2.81 bits per heavy atom. The number of hydrogen-bond donors (Lipinski definition) is 3. The third-order valence-corrected chi connectivity index (χ3v) is 3.75. The van der Waals surface area contributed by atoms with Crippen molar-refractivity contribution in [1.29, 1.82) is 0 Å². The van der Waals surface area contributed by atoms with Crippen LogP contribution in [0.5, 0.6) is 0 Å². The Labute approximate surface area is 95.5 Å². The maximum Gasteiger partial charge on any atom is 0.250 e. The molecule has 1 saturated carbocycles. The van der Waals surface area contributed by atoms with E-state index in [-0.39, 0.29) is 29.6 Å². The van der Waals surface area contributed by atoms with Gasteiger partial charge < -0.3 is 20.5 Å². The van der Waals surface area contributed by atoms with Crippen LogP contribution in [0.3, 0.4) is 0 Å². The van der Waals surface area contributed by atoms with Crippen molar-refractivity contribution in [3.63, 3.8) is 0 Å². The van der Waals surface area contributed by atoms with E-state index >= 15 is 0 Å². The molecule has 2 fully saturated rings. The molecule has 3 unspecified atom stereocenters. The van der Waals surface area contributed by atoms with Gasteiger partial charge in [0.25, 0.3) is 5.91 Å². The Kier molecular flexibility index (Phi) is 3.19. The number of nitrogens with one attached hydrogen (secondary N) is 2. The van der Waals surface area contributed by atoms with E-state index in [1.54, 1.807) is 0 Å². The smallest absolute Gasteiger partial charge is 0.250 e. The zero-order chi connectivity index (χ0) is 11.8. The molecule has 1 aliphatic carbocycles. The first-order valence-corrected chi connectivity index (χ1v) is 5.82. The molecule has 3 atom stereocenters. The van der Waals surface area contributed by atoms with Crippen LogP contribution in [-0.2, 0) is 9.53 Å². The molecule has 0 aromatic rings. The number of rotatable bonds is 2. The summed E-state index contributed by atoms with van der Waals surface area (Å²) in [5.41, 5.74) is -0.224. The second-order valence-corrected chi connectivity index (χ2v) is 5.20. The van der Waals surface area contributed by atoms with Crippen molar-refractivity contribution in [3.05, 3.63) is 0 Å². The molecule has 5 nitrogen and oxygen atoms in total. The zero-order valence-corrected chi connectivity index (χ0v) is 9.82. The van der Waals surface area contributed by atoms with Crippen LogP contribution in [0.1, 0.15) is 20.3 Å². The molecule has 0 radical (unpaired) electrons. The fraction of sp³-hybridized carbons (Fsp3) is 0.909. The fourth-order valence-electron chi connectivity index (χ4n) is 2.15. The van der Waals surface area contributed by atoms with Gasteiger partial charge in [-0.2, -0.15) is 0 Å². The van der Waals surface area contributed by atoms with Gasteiger partial charge in [0.1, 0.15) is 6.10 Å². The lowest BCUT2D eigenvalue weighted by Crippen LogP contribution is -2.63. The van der Waals surface area contributed by atoms with Gasteiger partial charge in [-0.15, -0.1) is 0 Å². The van der Waals surface area contributed by atoms with Crippen LogP contribution in [0, 0.1) is 5.41 Å². The fourth-order valence-corrected chi connectivity index (χ4v) is 2.15. The van der Waals surface area contributed by atoms with Crippen molar-refractivity contribution in [2.45, 2.75) is 38.5 Å². The Balaban J connectivity index is 1.83. The molecule has 2 rings (SSSR count). The molecular weight excluding hydrogens is 208 g/mol. The standard InChI is InChI=1S/C11H20N2O3/c1-11(2)8(5-9(11)14)13-10(15)7-6-12-3-4-16-7/h7-9,12,14H,3-6H2,1-2H3,(H,13,15). The Bertz CT molecular complexity index is 274. The number of carbonyl (C=O) groups is 1. The van der Waals surface area contributed by atoms with E-state index in [1.807, 2.05) is 13.8 Å². The predicted octanol–water partition coefficient (Wildman–Crippen LogP) is -0.750. The number of hydrogen-bond acceptors (Lipinski definition) is 4. The molecule has 0 spiro atoms. The molecule has 2 aliphatic rings. The average Bonchev–Trinajstić information content (AvgIpc) is 2.29. The minimum atomic E-state index is -0.387. The van der Waals surface area contributed by atoms with E-state index in [0.717, 1.165) is 6.54 Å². The van der Waals surface area contributed by atoms with Crippen LogP contribution in [0.15, 0.2) is 0 Å². The molecule has 16 heavy (non-hydrogen) atoms. The molecule has 1 amide bonds. The molecule has 1 heterocycles. The summed E-state index contributed by atoms with van der Waals surface area (Å²) >= 11 is 0. The molecule has 0 aromatic heterocycles. The van der Waals surface area contributed by atoms with Crippen molar-refractivity contribution < 1.29 is 14.6 Å². The number of morpholine rings is 1. The van der Waals surface area contributed by atoms with Crippen LogP contribution < -0.4 is 10.6 Å². The highest BCUT2D eigenvalue weighted by atomic mass is 16.5. The van der Waals surface area contributed by atoms with Crippen LogP contribution in [0.4, 0.5) is 0 Å². The lowest BCUT2D eigenvalue weighted by molar-refractivity contribution is -0.141. The summed E-state index contributed by atoms with van der Waals surface area (Å²) in [5, 5.41) is 15.6. The maximum atomic E-state index is 11.8. The number of carbonyl (C=O) groups excluding carboxylic acids is 1. The van der Waals surface area contributed by atoms with Crippen LogP contribution in [0.25, 0.3) is 0 Å². The zero-order valence-electron chi connectivity index (χ0n) is 9.82. The van der Waals surface area contributed by atoms with E-state index in [0.29, 0.717) is 19.6 Å². The van der Waals surface area contributed by atoms with Crippen molar-refractivity contribution in [3.8, 4) is 0 Å². The molecule has 1 saturated heterocycles. The maximum absolute atomic E-state index is 11.8. The Morgan fingerprint density at radius 1 is 1.56 bits per heavy atom. The van der Waals surface area contributed by atoms with E-state index in [1.165, 1.54) is 0 Å². The van der Waals surface area contributed by atoms with Gasteiger partial charge in [0.05, 0.1) is 12.7 Å². The van der Waals surface area contributed by atoms with Crippen LogP contribution in [0.2, 0.25) is 0 Å². The number of amides is 1. The Morgan fingerprint density at radius 2 is 2.31 bits per heavy atom. The van der Waals surface area contributed by atoms with E-state index in [4.69, 9.17) is 4.74 Å². The van der Waals surface area contributed by atoms with Gasteiger partial charge in [-0.25, -0.2) is 0 Å². The summed E-state index contributed by atoms with van der Waals surface area (Å²) in [6.45, 7) is 5.88. The van der Waals surface area contributed by atoms with Gasteiger partial charge in [0.2, 0.25) is 0 Å². The molecule has 92 valence electrons. The first-order chi connectivity index (χ1) is 7.51. The van der Waals surface area contributed by atoms with Crippen molar-refractivity contribution in [2.24, 2.45) is 5.41 Å². The third-order valence-electron chi connectivity index (χ3n) is 3.75. The second kappa shape index (κ2) is 4.31. The molecular formula is C11H20N2O3. The highest BCUT2D eigenvalue weighted by Crippen LogP contribution is 2.40. The summed E-state index contributed by atoms with van der Waals surface area (Å²) in [5.74, 6) is -0.0721. The SMILES string of the molecule is CC1(C)C(O)CC1NC(=O)C1CNCCO1. The molecule has 3 N–H and O–H groups in total. The van der Waals surface area contributed by atoms with E-state index in [9.17, 15) is 9.90 Å². The lowest BCUT2D eigenvalue weighted by Gasteiger charge is -2.49. The Hall–Kier alpha value is -0.650. The average molecular weight is 228 g/mol. The van der Waals surface area contributed by atoms with Gasteiger partial charge in [-0.3, -0.25) is 4.79 Å². The van der Waals surface area contributed by atoms with Crippen LogP contribution in [-0.4, -0.2) is 49.0 Å². The van der Waals surface area contributed by atoms with Gasteiger partial charge in [0, 0.05) is 24.5 Å². The normalized spacial score (nSPS) is 37.6. The van der Waals surface area contributed by atoms with Gasteiger partial charge >= 0.3 is 0 Å². The minimum Gasteiger partial charge on any atom is -0.392 e. The van der Waals surface area contributed by atoms with Crippen LogP contribution >= 0.6 is 0 Å². The first-order valence-electron chi connectivity index (χ1n) is 5.82. The summed E-state index contributed by atoms with van der Waals surface area (Å²) < 4.78 is 5.37. The van der Waals surface area contributed by atoms with Gasteiger partial charge in [-0.1, -0.05) is 13.8 Å². The molecule has 1 aliphatic heterocycles. The summed E-state index contributed by atoms with van der Waals surface area (Å²) in [6.07, 6.45) is -0.0655. The largest absolute Gasteiger partial charge is 0.392 e. The summed E-state index contributed by atoms with van der Waals surface area (Å²) in [6, 6.07) is 0.0560. The highest BCUT2D eigenvalue weighted by Gasteiger charge is 2.48. The van der Waals surface area contributed by atoms with E-state index < -0.39 is 0 Å². The van der Waals surface area contributed by atoms with Crippen molar-refractivity contribution >= 4 is 5.91 Å². The van der Waals surface area contributed by atoms with Gasteiger partial charge in [-0.05, 0) is 6.42 Å².